The van der Waals surface area contributed by atoms with Gasteiger partial charge in [-0.25, -0.2) is 0 Å². The van der Waals surface area contributed by atoms with Crippen LogP contribution in [0.1, 0.15) is 6.42 Å². The van der Waals surface area contributed by atoms with Gasteiger partial charge in [0.15, 0.2) is 0 Å². The van der Waals surface area contributed by atoms with E-state index in [1.807, 2.05) is 0 Å². The molecule has 0 atom stereocenters. The summed E-state index contributed by atoms with van der Waals surface area (Å²) in [6.07, 6.45) is 1.41. The van der Waals surface area contributed by atoms with Crippen LogP contribution in [0.4, 0.5) is 0 Å². The fourth-order valence-corrected chi connectivity index (χ4v) is 0.123. The smallest absolute Gasteiger partial charge is 0.307 e. The average Bonchev–Trinajstić information content (AvgIpc) is 1.67. The van der Waals surface area contributed by atoms with Gasteiger partial charge in [0.05, 0.1) is 11.8 Å². The molecule has 0 unspecified atom stereocenters. The second kappa shape index (κ2) is 10.7. The second-order valence-electron chi connectivity index (χ2n) is 0.988. The Hall–Kier alpha value is -0.210. The van der Waals surface area contributed by atoms with E-state index in [-0.39, 0.29) is 11.8 Å². The summed E-state index contributed by atoms with van der Waals surface area (Å²) >= 11 is 9.53. The molecule has 0 aliphatic heterocycles. The SMILES string of the molecule is C=CCC(=O)O.ClCCl. The van der Waals surface area contributed by atoms with Gasteiger partial charge in [-0.15, -0.1) is 29.8 Å². The summed E-state index contributed by atoms with van der Waals surface area (Å²) in [4.78, 5) is 9.53. The van der Waals surface area contributed by atoms with E-state index in [1.165, 1.54) is 6.08 Å². The van der Waals surface area contributed by atoms with E-state index in [0.29, 0.717) is 0 Å². The molecule has 0 fully saturated rings. The number of alkyl halides is 2. The number of carboxylic acids is 1. The minimum atomic E-state index is -0.829. The molecule has 2 nitrogen and oxygen atoms in total. The number of hydrogen-bond donors (Lipinski definition) is 1. The lowest BCUT2D eigenvalue weighted by Crippen LogP contribution is -1.88. The molecule has 0 radical (unpaired) electrons. The highest BCUT2D eigenvalue weighted by Crippen LogP contribution is 1.74. The molecule has 0 rings (SSSR count). The zero-order valence-corrected chi connectivity index (χ0v) is 6.32. The van der Waals surface area contributed by atoms with E-state index < -0.39 is 5.97 Å². The Morgan fingerprint density at radius 1 is 1.67 bits per heavy atom. The van der Waals surface area contributed by atoms with Crippen LogP contribution in [0.25, 0.3) is 0 Å². The Bertz CT molecular complexity index is 83.0. The molecule has 4 heteroatoms. The molecule has 0 heterocycles. The Labute approximate surface area is 64.1 Å². The summed E-state index contributed by atoms with van der Waals surface area (Å²) < 4.78 is 0. The van der Waals surface area contributed by atoms with Crippen LogP contribution in [-0.4, -0.2) is 16.4 Å². The third-order valence-corrected chi connectivity index (χ3v) is 0.319. The first-order chi connectivity index (χ1) is 4.18. The van der Waals surface area contributed by atoms with E-state index in [4.69, 9.17) is 28.3 Å². The van der Waals surface area contributed by atoms with Crippen LogP contribution >= 0.6 is 23.2 Å². The van der Waals surface area contributed by atoms with E-state index in [9.17, 15) is 4.79 Å². The summed E-state index contributed by atoms with van der Waals surface area (Å²) in [6.45, 7) is 3.22. The lowest BCUT2D eigenvalue weighted by Gasteiger charge is -1.75. The number of carboxylic acid groups (broad SMARTS) is 1. The van der Waals surface area contributed by atoms with Crippen molar-refractivity contribution in [2.24, 2.45) is 0 Å². The van der Waals surface area contributed by atoms with E-state index >= 15 is 0 Å². The first-order valence-electron chi connectivity index (χ1n) is 2.13. The molecule has 0 aromatic heterocycles. The van der Waals surface area contributed by atoms with Crippen molar-refractivity contribution in [3.8, 4) is 0 Å². The number of halogens is 2. The Kier molecular flexibility index (Phi) is 13.8. The number of rotatable bonds is 2. The Balaban J connectivity index is 0. The summed E-state index contributed by atoms with van der Waals surface area (Å²) in [6, 6.07) is 0. The Morgan fingerprint density at radius 2 is 2.00 bits per heavy atom. The molecule has 54 valence electrons. The van der Waals surface area contributed by atoms with Gasteiger partial charge < -0.3 is 5.11 Å². The number of carbonyl (C=O) groups is 1. The van der Waals surface area contributed by atoms with Gasteiger partial charge in [-0.3, -0.25) is 4.79 Å². The van der Waals surface area contributed by atoms with Gasteiger partial charge in [0, 0.05) is 0 Å². The molecule has 0 saturated heterocycles. The van der Waals surface area contributed by atoms with Gasteiger partial charge >= 0.3 is 5.97 Å². The fraction of sp³-hybridized carbons (Fsp3) is 0.400. The first-order valence-corrected chi connectivity index (χ1v) is 3.20. The maximum Gasteiger partial charge on any atom is 0.307 e. The lowest BCUT2D eigenvalue weighted by molar-refractivity contribution is -0.135. The highest BCUT2D eigenvalue weighted by Gasteiger charge is 1.84. The zero-order valence-electron chi connectivity index (χ0n) is 4.81. The van der Waals surface area contributed by atoms with Crippen molar-refractivity contribution in [3.05, 3.63) is 12.7 Å². The minimum Gasteiger partial charge on any atom is -0.481 e. The highest BCUT2D eigenvalue weighted by molar-refractivity contribution is 6.40. The van der Waals surface area contributed by atoms with Crippen molar-refractivity contribution >= 4 is 29.2 Å². The van der Waals surface area contributed by atoms with Crippen LogP contribution in [0.5, 0.6) is 0 Å². The molecule has 0 aliphatic carbocycles. The van der Waals surface area contributed by atoms with Crippen LogP contribution in [0, 0.1) is 0 Å². The summed E-state index contributed by atoms with van der Waals surface area (Å²) in [5, 5.41) is 8.04. The predicted molar refractivity (Wildman–Crippen MR) is 39.0 cm³/mol. The van der Waals surface area contributed by atoms with Gasteiger partial charge in [-0.05, 0) is 0 Å². The van der Waals surface area contributed by atoms with Gasteiger partial charge in [0.25, 0.3) is 0 Å². The molecular formula is C5H8Cl2O2. The summed E-state index contributed by atoms with van der Waals surface area (Å²) in [5.41, 5.74) is 0. The van der Waals surface area contributed by atoms with Crippen LogP contribution in [0.15, 0.2) is 12.7 Å². The zero-order chi connectivity index (χ0) is 7.70. The Morgan fingerprint density at radius 3 is 2.00 bits per heavy atom. The molecule has 9 heavy (non-hydrogen) atoms. The van der Waals surface area contributed by atoms with Crippen LogP contribution in [0.2, 0.25) is 0 Å². The van der Waals surface area contributed by atoms with E-state index in [0.717, 1.165) is 0 Å². The largest absolute Gasteiger partial charge is 0.481 e. The third kappa shape index (κ3) is 33.5. The molecule has 0 aromatic rings. The number of hydrogen-bond acceptors (Lipinski definition) is 1. The van der Waals surface area contributed by atoms with E-state index in [2.05, 4.69) is 6.58 Å². The third-order valence-electron chi connectivity index (χ3n) is 0.319. The maximum atomic E-state index is 9.53. The van der Waals surface area contributed by atoms with Crippen molar-refractivity contribution in [2.45, 2.75) is 6.42 Å². The van der Waals surface area contributed by atoms with Crippen molar-refractivity contribution in [1.29, 1.82) is 0 Å². The van der Waals surface area contributed by atoms with Crippen molar-refractivity contribution in [3.63, 3.8) is 0 Å². The highest BCUT2D eigenvalue weighted by atomic mass is 35.5. The minimum absolute atomic E-state index is 0.0556. The van der Waals surface area contributed by atoms with Gasteiger partial charge in [-0.2, -0.15) is 0 Å². The summed E-state index contributed by atoms with van der Waals surface area (Å²) in [7, 11) is 0. The maximum absolute atomic E-state index is 9.53. The standard InChI is InChI=1S/C4H6O2.CH2Cl2/c1-2-3-4(5)6;2-1-3/h2H,1,3H2,(H,5,6);1H2. The molecular weight excluding hydrogens is 163 g/mol. The molecule has 0 aromatic carbocycles. The van der Waals surface area contributed by atoms with Crippen LogP contribution in [-0.2, 0) is 4.79 Å². The molecule has 0 saturated carbocycles. The van der Waals surface area contributed by atoms with Crippen molar-refractivity contribution < 1.29 is 9.90 Å². The molecule has 1 N–H and O–H groups in total. The quantitative estimate of drug-likeness (QED) is 0.510. The number of aliphatic carboxylic acids is 1. The van der Waals surface area contributed by atoms with E-state index in [1.54, 1.807) is 0 Å². The lowest BCUT2D eigenvalue weighted by atomic mass is 10.4. The second-order valence-corrected chi connectivity index (χ2v) is 1.80. The van der Waals surface area contributed by atoms with Gasteiger partial charge in [-0.1, -0.05) is 6.08 Å². The van der Waals surface area contributed by atoms with Crippen molar-refractivity contribution in [1.82, 2.24) is 0 Å². The van der Waals surface area contributed by atoms with Gasteiger partial charge in [0.1, 0.15) is 0 Å². The predicted octanol–water partition coefficient (Wildman–Crippen LogP) is 2.07. The average molecular weight is 171 g/mol. The van der Waals surface area contributed by atoms with Crippen LogP contribution < -0.4 is 0 Å². The monoisotopic (exact) mass is 170 g/mol. The van der Waals surface area contributed by atoms with Crippen molar-refractivity contribution in [2.75, 3.05) is 5.34 Å². The normalized spacial score (nSPS) is 6.89. The molecule has 0 bridgehead atoms. The first kappa shape index (κ1) is 11.6. The van der Waals surface area contributed by atoms with Crippen LogP contribution in [0.3, 0.4) is 0 Å². The molecule has 0 aliphatic rings. The molecule has 0 amide bonds. The summed E-state index contributed by atoms with van der Waals surface area (Å²) in [5.74, 6) is -0.829. The molecule has 0 spiro atoms. The van der Waals surface area contributed by atoms with Gasteiger partial charge in [0.2, 0.25) is 0 Å². The fourth-order valence-electron chi connectivity index (χ4n) is 0.123. The topological polar surface area (TPSA) is 37.3 Å².